The fourth-order valence-corrected chi connectivity index (χ4v) is 1.91. The van der Waals surface area contributed by atoms with Crippen molar-refractivity contribution in [3.63, 3.8) is 0 Å². The van der Waals surface area contributed by atoms with Gasteiger partial charge in [0.1, 0.15) is 12.4 Å². The number of ether oxygens (including phenoxy) is 2. The lowest BCUT2D eigenvalue weighted by molar-refractivity contribution is 0.0969. The number of para-hydroxylation sites is 1. The molecule has 0 unspecified atom stereocenters. The average Bonchev–Trinajstić information content (AvgIpc) is 2.35. The molecule has 0 aliphatic heterocycles. The van der Waals surface area contributed by atoms with Crippen LogP contribution in [0.5, 0.6) is 5.75 Å². The number of aliphatic hydroxyl groups is 1. The normalized spacial score (nSPS) is 10.5. The van der Waals surface area contributed by atoms with Crippen molar-refractivity contribution in [3.05, 3.63) is 28.2 Å². The van der Waals surface area contributed by atoms with Crippen molar-refractivity contribution in [2.24, 2.45) is 0 Å². The molecule has 0 saturated carbocycles. The predicted molar refractivity (Wildman–Crippen MR) is 71.3 cm³/mol. The van der Waals surface area contributed by atoms with E-state index in [9.17, 15) is 5.11 Å². The Balaban J connectivity index is 2.35. The Labute approximate surface area is 111 Å². The molecule has 0 heterocycles. The lowest BCUT2D eigenvalue weighted by Crippen LogP contribution is -2.09. The Bertz CT molecular complexity index is 328. The summed E-state index contributed by atoms with van der Waals surface area (Å²) in [6.07, 6.45) is 2.22. The maximum Gasteiger partial charge on any atom is 0.139 e. The monoisotopic (exact) mass is 302 g/mol. The van der Waals surface area contributed by atoms with Crippen LogP contribution in [0.2, 0.25) is 0 Å². The van der Waals surface area contributed by atoms with Gasteiger partial charge in [-0.15, -0.1) is 0 Å². The van der Waals surface area contributed by atoms with Gasteiger partial charge in [-0.25, -0.2) is 0 Å². The average molecular weight is 303 g/mol. The first-order valence-electron chi connectivity index (χ1n) is 5.88. The first-order valence-corrected chi connectivity index (χ1v) is 6.67. The molecule has 0 amide bonds. The Morgan fingerprint density at radius 2 is 2.06 bits per heavy atom. The van der Waals surface area contributed by atoms with Crippen molar-refractivity contribution in [2.75, 3.05) is 19.8 Å². The minimum Gasteiger partial charge on any atom is -0.490 e. The quantitative estimate of drug-likeness (QED) is 0.750. The summed E-state index contributed by atoms with van der Waals surface area (Å²) in [7, 11) is 0. The van der Waals surface area contributed by atoms with Crippen molar-refractivity contribution in [3.8, 4) is 5.75 Å². The summed E-state index contributed by atoms with van der Waals surface area (Å²) in [5.74, 6) is 0.703. The number of aliphatic hydroxyl groups excluding tert-OH is 1. The zero-order valence-electron chi connectivity index (χ0n) is 10.1. The van der Waals surface area contributed by atoms with Gasteiger partial charge in [-0.3, -0.25) is 0 Å². The van der Waals surface area contributed by atoms with Gasteiger partial charge in [-0.2, -0.15) is 0 Å². The highest BCUT2D eigenvalue weighted by Gasteiger charge is 2.06. The SMILES string of the molecule is CCCCOCCOc1c(Br)cccc1CO. The van der Waals surface area contributed by atoms with Gasteiger partial charge in [-0.1, -0.05) is 25.5 Å². The maximum absolute atomic E-state index is 9.18. The van der Waals surface area contributed by atoms with Crippen LogP contribution in [-0.4, -0.2) is 24.9 Å². The second-order valence-electron chi connectivity index (χ2n) is 3.70. The van der Waals surface area contributed by atoms with Crippen LogP contribution in [0, 0.1) is 0 Å². The van der Waals surface area contributed by atoms with E-state index in [2.05, 4.69) is 22.9 Å². The van der Waals surface area contributed by atoms with Crippen LogP contribution in [0.4, 0.5) is 0 Å². The standard InChI is InChI=1S/C13H19BrO3/c1-2-3-7-16-8-9-17-13-11(10-15)5-4-6-12(13)14/h4-6,15H,2-3,7-10H2,1H3. The molecule has 0 aliphatic rings. The van der Waals surface area contributed by atoms with Gasteiger partial charge in [-0.05, 0) is 28.4 Å². The zero-order valence-corrected chi connectivity index (χ0v) is 11.7. The van der Waals surface area contributed by atoms with Crippen LogP contribution >= 0.6 is 15.9 Å². The first-order chi connectivity index (χ1) is 8.29. The summed E-state index contributed by atoms with van der Waals surface area (Å²) in [5.41, 5.74) is 0.785. The molecule has 0 fully saturated rings. The Morgan fingerprint density at radius 1 is 1.24 bits per heavy atom. The summed E-state index contributed by atoms with van der Waals surface area (Å²) in [6, 6.07) is 5.62. The molecule has 0 saturated heterocycles. The van der Waals surface area contributed by atoms with Gasteiger partial charge in [0.2, 0.25) is 0 Å². The second-order valence-corrected chi connectivity index (χ2v) is 4.55. The predicted octanol–water partition coefficient (Wildman–Crippen LogP) is 3.14. The number of rotatable bonds is 8. The van der Waals surface area contributed by atoms with Gasteiger partial charge >= 0.3 is 0 Å². The van der Waals surface area contributed by atoms with Crippen LogP contribution in [0.3, 0.4) is 0 Å². The molecular weight excluding hydrogens is 284 g/mol. The molecule has 0 aliphatic carbocycles. The van der Waals surface area contributed by atoms with E-state index in [1.54, 1.807) is 0 Å². The molecule has 4 heteroatoms. The first kappa shape index (κ1) is 14.5. The minimum absolute atomic E-state index is 0.0224. The van der Waals surface area contributed by atoms with E-state index in [0.717, 1.165) is 29.5 Å². The van der Waals surface area contributed by atoms with E-state index in [0.29, 0.717) is 19.0 Å². The van der Waals surface area contributed by atoms with E-state index in [1.807, 2.05) is 18.2 Å². The lowest BCUT2D eigenvalue weighted by Gasteiger charge is -2.12. The molecular formula is C13H19BrO3. The van der Waals surface area contributed by atoms with Crippen molar-refractivity contribution < 1.29 is 14.6 Å². The van der Waals surface area contributed by atoms with Gasteiger partial charge in [0.15, 0.2) is 0 Å². The topological polar surface area (TPSA) is 38.7 Å². The van der Waals surface area contributed by atoms with Crippen LogP contribution in [0.15, 0.2) is 22.7 Å². The maximum atomic E-state index is 9.18. The highest BCUT2D eigenvalue weighted by atomic mass is 79.9. The fraction of sp³-hybridized carbons (Fsp3) is 0.538. The Kier molecular flexibility index (Phi) is 7.24. The van der Waals surface area contributed by atoms with Crippen LogP contribution in [0.25, 0.3) is 0 Å². The molecule has 0 radical (unpaired) electrons. The number of benzene rings is 1. The molecule has 0 atom stereocenters. The molecule has 1 aromatic carbocycles. The Hall–Kier alpha value is -0.580. The fourth-order valence-electron chi connectivity index (χ4n) is 1.39. The summed E-state index contributed by atoms with van der Waals surface area (Å²) in [6.45, 7) is 3.97. The summed E-state index contributed by atoms with van der Waals surface area (Å²) in [5, 5.41) is 9.18. The summed E-state index contributed by atoms with van der Waals surface area (Å²) in [4.78, 5) is 0. The van der Waals surface area contributed by atoms with Gasteiger partial charge < -0.3 is 14.6 Å². The van der Waals surface area contributed by atoms with E-state index in [4.69, 9.17) is 9.47 Å². The molecule has 1 aromatic rings. The van der Waals surface area contributed by atoms with Crippen molar-refractivity contribution >= 4 is 15.9 Å². The highest BCUT2D eigenvalue weighted by molar-refractivity contribution is 9.10. The summed E-state index contributed by atoms with van der Waals surface area (Å²) < 4.78 is 11.9. The number of hydrogen-bond donors (Lipinski definition) is 1. The van der Waals surface area contributed by atoms with Crippen molar-refractivity contribution in [1.82, 2.24) is 0 Å². The zero-order chi connectivity index (χ0) is 12.5. The number of unbranched alkanes of at least 4 members (excludes halogenated alkanes) is 1. The Morgan fingerprint density at radius 3 is 2.76 bits per heavy atom. The van der Waals surface area contributed by atoms with Crippen LogP contribution in [-0.2, 0) is 11.3 Å². The minimum atomic E-state index is -0.0224. The van der Waals surface area contributed by atoms with Gasteiger partial charge in [0, 0.05) is 12.2 Å². The van der Waals surface area contributed by atoms with E-state index >= 15 is 0 Å². The molecule has 1 N–H and O–H groups in total. The van der Waals surface area contributed by atoms with Crippen molar-refractivity contribution in [1.29, 1.82) is 0 Å². The molecule has 0 spiro atoms. The lowest BCUT2D eigenvalue weighted by atomic mass is 10.2. The van der Waals surface area contributed by atoms with E-state index in [1.165, 1.54) is 0 Å². The smallest absolute Gasteiger partial charge is 0.139 e. The van der Waals surface area contributed by atoms with E-state index < -0.39 is 0 Å². The van der Waals surface area contributed by atoms with Gasteiger partial charge in [0.05, 0.1) is 17.7 Å². The molecule has 17 heavy (non-hydrogen) atoms. The third-order valence-electron chi connectivity index (χ3n) is 2.34. The third-order valence-corrected chi connectivity index (χ3v) is 2.96. The molecule has 3 nitrogen and oxygen atoms in total. The van der Waals surface area contributed by atoms with Crippen LogP contribution in [0.1, 0.15) is 25.3 Å². The summed E-state index contributed by atoms with van der Waals surface area (Å²) >= 11 is 3.41. The molecule has 0 aromatic heterocycles. The number of halogens is 1. The second kappa shape index (κ2) is 8.50. The molecule has 96 valence electrons. The third kappa shape index (κ3) is 5.06. The van der Waals surface area contributed by atoms with Crippen LogP contribution < -0.4 is 4.74 Å². The van der Waals surface area contributed by atoms with Crippen molar-refractivity contribution in [2.45, 2.75) is 26.4 Å². The molecule has 0 bridgehead atoms. The number of hydrogen-bond acceptors (Lipinski definition) is 3. The largest absolute Gasteiger partial charge is 0.490 e. The molecule has 1 rings (SSSR count). The highest BCUT2D eigenvalue weighted by Crippen LogP contribution is 2.28. The van der Waals surface area contributed by atoms with Gasteiger partial charge in [0.25, 0.3) is 0 Å². The van der Waals surface area contributed by atoms with E-state index in [-0.39, 0.29) is 6.61 Å².